The molecule has 46 valence electrons. The van der Waals surface area contributed by atoms with Gasteiger partial charge in [-0.1, -0.05) is 0 Å². The van der Waals surface area contributed by atoms with Crippen molar-refractivity contribution in [3.63, 3.8) is 0 Å². The highest BCUT2D eigenvalue weighted by molar-refractivity contribution is 5.74. The van der Waals surface area contributed by atoms with Gasteiger partial charge in [0.2, 0.25) is 0 Å². The molecule has 1 saturated heterocycles. The number of hydrogen-bond donors (Lipinski definition) is 1. The smallest absolute Gasteiger partial charge is 0.305 e. The van der Waals surface area contributed by atoms with E-state index in [0.29, 0.717) is 6.42 Å². The van der Waals surface area contributed by atoms with Crippen LogP contribution in [-0.2, 0) is 4.79 Å². The van der Waals surface area contributed by atoms with Gasteiger partial charge in [-0.3, -0.25) is 4.79 Å². The Morgan fingerprint density at radius 2 is 2.50 bits per heavy atom. The van der Waals surface area contributed by atoms with E-state index in [2.05, 4.69) is 5.32 Å². The molecule has 0 aromatic rings. The molecule has 2 nitrogen and oxygen atoms in total. The highest BCUT2D eigenvalue weighted by Crippen LogP contribution is 2.05. The lowest BCUT2D eigenvalue weighted by Gasteiger charge is -1.97. The van der Waals surface area contributed by atoms with Crippen LogP contribution in [0.25, 0.3) is 0 Å². The molecule has 1 fully saturated rings. The minimum Gasteiger partial charge on any atom is -0.305 e. The third-order valence-electron chi connectivity index (χ3n) is 1.33. The van der Waals surface area contributed by atoms with Crippen molar-refractivity contribution in [3.05, 3.63) is 0 Å². The van der Waals surface area contributed by atoms with Gasteiger partial charge in [0, 0.05) is 0 Å². The maximum atomic E-state index is 11.7. The number of hydrogen-bond acceptors (Lipinski definition) is 2. The van der Waals surface area contributed by atoms with Gasteiger partial charge in [0.05, 0.1) is 6.04 Å². The first-order chi connectivity index (χ1) is 3.80. The average molecular weight is 117 g/mol. The second-order valence-corrected chi connectivity index (χ2v) is 1.95. The molecule has 3 heteroatoms. The van der Waals surface area contributed by atoms with Crippen molar-refractivity contribution < 1.29 is 9.18 Å². The van der Waals surface area contributed by atoms with Gasteiger partial charge in [0.1, 0.15) is 0 Å². The van der Waals surface area contributed by atoms with E-state index in [4.69, 9.17) is 0 Å². The summed E-state index contributed by atoms with van der Waals surface area (Å²) in [4.78, 5) is 9.92. The monoisotopic (exact) mass is 117 g/mol. The Kier molecular flexibility index (Phi) is 1.58. The summed E-state index contributed by atoms with van der Waals surface area (Å²) < 4.78 is 11.7. The van der Waals surface area contributed by atoms with Gasteiger partial charge in [0.15, 0.2) is 0 Å². The van der Waals surface area contributed by atoms with Crippen LogP contribution in [0.3, 0.4) is 0 Å². The summed E-state index contributed by atoms with van der Waals surface area (Å²) in [6, 6.07) is -1.71. The highest BCUT2D eigenvalue weighted by Gasteiger charge is 2.20. The molecule has 0 aromatic heterocycles. The number of carbonyl (C=O) groups is 1. The van der Waals surface area contributed by atoms with Crippen LogP contribution in [0.1, 0.15) is 12.8 Å². The van der Waals surface area contributed by atoms with E-state index in [1.807, 2.05) is 0 Å². The fourth-order valence-electron chi connectivity index (χ4n) is 0.878. The lowest BCUT2D eigenvalue weighted by Crippen LogP contribution is -2.27. The van der Waals surface area contributed by atoms with Gasteiger partial charge in [-0.2, -0.15) is 4.39 Å². The topological polar surface area (TPSA) is 29.1 Å². The third kappa shape index (κ3) is 1.04. The number of rotatable bonds is 1. The quantitative estimate of drug-likeness (QED) is 0.498. The molecule has 1 N–H and O–H groups in total. The maximum Gasteiger partial charge on any atom is 0.318 e. The van der Waals surface area contributed by atoms with Gasteiger partial charge in [-0.15, -0.1) is 0 Å². The summed E-state index contributed by atoms with van der Waals surface area (Å²) in [5, 5.41) is 2.73. The summed E-state index contributed by atoms with van der Waals surface area (Å²) in [5.74, 6) is 0. The summed E-state index contributed by atoms with van der Waals surface area (Å²) in [5.41, 5.74) is 0. The highest BCUT2D eigenvalue weighted by atomic mass is 19.1. The van der Waals surface area contributed by atoms with Crippen LogP contribution >= 0.6 is 0 Å². The molecule has 1 aliphatic heterocycles. The zero-order valence-corrected chi connectivity index (χ0v) is 4.48. The fraction of sp³-hybridized carbons (Fsp3) is 0.800. The van der Waals surface area contributed by atoms with Crippen LogP contribution in [0, 0.1) is 0 Å². The van der Waals surface area contributed by atoms with Crippen LogP contribution in [0.2, 0.25) is 0 Å². The Morgan fingerprint density at radius 3 is 2.75 bits per heavy atom. The predicted molar refractivity (Wildman–Crippen MR) is 27.1 cm³/mol. The first-order valence-electron chi connectivity index (χ1n) is 2.73. The Labute approximate surface area is 47.1 Å². The Morgan fingerprint density at radius 1 is 1.75 bits per heavy atom. The molecule has 0 bridgehead atoms. The van der Waals surface area contributed by atoms with Gasteiger partial charge >= 0.3 is 6.04 Å². The minimum absolute atomic E-state index is 0.491. The predicted octanol–water partition coefficient (Wildman–Crippen LogP) is 0.234. The van der Waals surface area contributed by atoms with Crippen LogP contribution < -0.4 is 5.32 Å². The SMILES string of the molecule is O=C(F)C1CCCN1. The molecule has 0 spiro atoms. The van der Waals surface area contributed by atoms with Crippen molar-refractivity contribution in [2.75, 3.05) is 6.54 Å². The van der Waals surface area contributed by atoms with Gasteiger partial charge in [-0.05, 0) is 19.4 Å². The number of carbonyl (C=O) groups excluding carboxylic acids is 1. The third-order valence-corrected chi connectivity index (χ3v) is 1.33. The maximum absolute atomic E-state index is 11.7. The first-order valence-corrected chi connectivity index (χ1v) is 2.73. The molecule has 1 atom stereocenters. The Bertz CT molecular complexity index is 98.6. The molecule has 1 rings (SSSR count). The van der Waals surface area contributed by atoms with E-state index in [1.54, 1.807) is 0 Å². The van der Waals surface area contributed by atoms with E-state index >= 15 is 0 Å². The average Bonchev–Trinajstić information content (AvgIpc) is 2.12. The second kappa shape index (κ2) is 2.22. The standard InChI is InChI=1S/C5H8FNO/c6-5(8)4-2-1-3-7-4/h4,7H,1-3H2. The van der Waals surface area contributed by atoms with Crippen molar-refractivity contribution in [1.82, 2.24) is 5.32 Å². The fourth-order valence-corrected chi connectivity index (χ4v) is 0.878. The normalized spacial score (nSPS) is 28.4. The summed E-state index contributed by atoms with van der Waals surface area (Å²) >= 11 is 0. The molecular weight excluding hydrogens is 109 g/mol. The summed E-state index contributed by atoms with van der Waals surface area (Å²) in [6.07, 6.45) is 1.58. The van der Waals surface area contributed by atoms with E-state index < -0.39 is 12.1 Å². The largest absolute Gasteiger partial charge is 0.318 e. The molecular formula is C5H8FNO. The number of nitrogens with one attached hydrogen (secondary N) is 1. The van der Waals surface area contributed by atoms with E-state index in [0.717, 1.165) is 13.0 Å². The van der Waals surface area contributed by atoms with Crippen LogP contribution in [0.4, 0.5) is 4.39 Å². The molecule has 1 aliphatic rings. The first kappa shape index (κ1) is 5.69. The van der Waals surface area contributed by atoms with Crippen LogP contribution in [0.5, 0.6) is 0 Å². The van der Waals surface area contributed by atoms with E-state index in [1.165, 1.54) is 0 Å². The van der Waals surface area contributed by atoms with Crippen LogP contribution in [-0.4, -0.2) is 18.6 Å². The van der Waals surface area contributed by atoms with Gasteiger partial charge < -0.3 is 5.32 Å². The van der Waals surface area contributed by atoms with E-state index in [-0.39, 0.29) is 0 Å². The minimum atomic E-state index is -1.22. The van der Waals surface area contributed by atoms with Crippen molar-refractivity contribution in [3.8, 4) is 0 Å². The summed E-state index contributed by atoms with van der Waals surface area (Å²) in [7, 11) is 0. The zero-order valence-electron chi connectivity index (χ0n) is 4.48. The molecule has 1 unspecified atom stereocenters. The van der Waals surface area contributed by atoms with Crippen molar-refractivity contribution >= 4 is 6.04 Å². The second-order valence-electron chi connectivity index (χ2n) is 1.95. The molecule has 1 heterocycles. The Balaban J connectivity index is 2.35. The lowest BCUT2D eigenvalue weighted by molar-refractivity contribution is -0.131. The molecule has 0 saturated carbocycles. The molecule has 8 heavy (non-hydrogen) atoms. The summed E-state index contributed by atoms with van der Waals surface area (Å²) in [6.45, 7) is 0.778. The zero-order chi connectivity index (χ0) is 5.98. The van der Waals surface area contributed by atoms with Crippen molar-refractivity contribution in [2.45, 2.75) is 18.9 Å². The Hall–Kier alpha value is -0.440. The van der Waals surface area contributed by atoms with E-state index in [9.17, 15) is 9.18 Å². The molecule has 0 radical (unpaired) electrons. The van der Waals surface area contributed by atoms with Crippen LogP contribution in [0.15, 0.2) is 0 Å². The number of halogens is 1. The van der Waals surface area contributed by atoms with Crippen molar-refractivity contribution in [2.24, 2.45) is 0 Å². The molecule has 0 amide bonds. The lowest BCUT2D eigenvalue weighted by atomic mass is 10.2. The van der Waals surface area contributed by atoms with Gasteiger partial charge in [0.25, 0.3) is 0 Å². The van der Waals surface area contributed by atoms with Gasteiger partial charge in [-0.25, -0.2) is 0 Å². The van der Waals surface area contributed by atoms with Crippen molar-refractivity contribution in [1.29, 1.82) is 0 Å². The molecule has 0 aromatic carbocycles. The molecule has 0 aliphatic carbocycles.